The number of hydrogen-bond acceptors (Lipinski definition) is 7. The number of amides is 1. The maximum atomic E-state index is 13.3. The summed E-state index contributed by atoms with van der Waals surface area (Å²) in [4.78, 5) is 31.9. The van der Waals surface area contributed by atoms with Gasteiger partial charge in [0.25, 0.3) is 5.56 Å². The van der Waals surface area contributed by atoms with E-state index in [9.17, 15) is 14.7 Å². The molecule has 1 aliphatic heterocycles. The Morgan fingerprint density at radius 1 is 1.05 bits per heavy atom. The van der Waals surface area contributed by atoms with Crippen LogP contribution in [0.5, 0.6) is 0 Å². The normalized spacial score (nSPS) is 15.2. The van der Waals surface area contributed by atoms with Crippen LogP contribution in [0.25, 0.3) is 22.3 Å². The number of rotatable bonds is 6. The van der Waals surface area contributed by atoms with Crippen LogP contribution in [-0.4, -0.2) is 54.1 Å². The van der Waals surface area contributed by atoms with Gasteiger partial charge in [0.05, 0.1) is 24.2 Å². The fourth-order valence-corrected chi connectivity index (χ4v) is 4.72. The van der Waals surface area contributed by atoms with Crippen molar-refractivity contribution in [3.05, 3.63) is 82.4 Å². The molecule has 0 spiro atoms. The highest BCUT2D eigenvalue weighted by Gasteiger charge is 2.35. The number of aromatic nitrogens is 4. The zero-order valence-electron chi connectivity index (χ0n) is 20.7. The third-order valence-corrected chi connectivity index (χ3v) is 6.90. The quantitative estimate of drug-likeness (QED) is 0.414. The van der Waals surface area contributed by atoms with Crippen LogP contribution in [0.2, 0.25) is 0 Å². The van der Waals surface area contributed by atoms with Gasteiger partial charge in [-0.1, -0.05) is 54.6 Å². The lowest BCUT2D eigenvalue weighted by atomic mass is 9.91. The number of fused-ring (bicyclic) bond motifs is 1. The molecule has 1 amide bonds. The summed E-state index contributed by atoms with van der Waals surface area (Å²) in [5.41, 5.74) is 8.54. The molecular formula is C27H30N6O4. The summed E-state index contributed by atoms with van der Waals surface area (Å²) in [6, 6.07) is 17.2. The van der Waals surface area contributed by atoms with E-state index in [2.05, 4.69) is 10.1 Å². The number of carbonyl (C=O) groups is 1. The number of nitrogens with two attached hydrogens (primary N) is 1. The maximum Gasteiger partial charge on any atom is 0.410 e. The zero-order chi connectivity index (χ0) is 26.0. The standard InChI is InChI=1S/C27H30N6O4/c1-31-24(21-9-7-19(15-28)8-10-21)22-23(30-31)25(34)33(18-29-22)17-27(36)11-13-32(14-12-27)26(35)37-16-20-5-3-2-4-6-20/h2-10,18,36H,11-17,28H2,1H3. The monoisotopic (exact) mass is 502 g/mol. The molecule has 3 heterocycles. The summed E-state index contributed by atoms with van der Waals surface area (Å²) in [6.45, 7) is 1.39. The van der Waals surface area contributed by atoms with E-state index in [0.29, 0.717) is 38.0 Å². The molecule has 192 valence electrons. The minimum absolute atomic E-state index is 0.0682. The Kier molecular flexibility index (Phi) is 6.77. The van der Waals surface area contributed by atoms with Gasteiger partial charge in [0.1, 0.15) is 12.1 Å². The van der Waals surface area contributed by atoms with E-state index in [1.807, 2.05) is 54.6 Å². The first-order chi connectivity index (χ1) is 17.9. The van der Waals surface area contributed by atoms with Gasteiger partial charge < -0.3 is 20.5 Å². The second-order valence-corrected chi connectivity index (χ2v) is 9.50. The van der Waals surface area contributed by atoms with Crippen molar-refractivity contribution in [2.24, 2.45) is 12.8 Å². The highest BCUT2D eigenvalue weighted by Crippen LogP contribution is 2.27. The van der Waals surface area contributed by atoms with Crippen molar-refractivity contribution in [3.63, 3.8) is 0 Å². The van der Waals surface area contributed by atoms with Gasteiger partial charge in [-0.25, -0.2) is 9.78 Å². The van der Waals surface area contributed by atoms with Crippen molar-refractivity contribution < 1.29 is 14.6 Å². The van der Waals surface area contributed by atoms with Crippen LogP contribution in [0.15, 0.2) is 65.7 Å². The Bertz CT molecular complexity index is 1450. The van der Waals surface area contributed by atoms with Crippen molar-refractivity contribution in [3.8, 4) is 11.3 Å². The molecule has 0 aliphatic carbocycles. The second kappa shape index (κ2) is 10.2. The van der Waals surface area contributed by atoms with Crippen molar-refractivity contribution in [2.45, 2.75) is 38.1 Å². The Labute approximate surface area is 213 Å². The molecule has 1 saturated heterocycles. The summed E-state index contributed by atoms with van der Waals surface area (Å²) in [5, 5.41) is 15.6. The predicted molar refractivity (Wildman–Crippen MR) is 138 cm³/mol. The topological polar surface area (TPSA) is 128 Å². The Balaban J connectivity index is 1.27. The molecule has 4 aromatic rings. The molecule has 2 aromatic heterocycles. The average molecular weight is 503 g/mol. The van der Waals surface area contributed by atoms with Crippen molar-refractivity contribution in [1.29, 1.82) is 0 Å². The first-order valence-electron chi connectivity index (χ1n) is 12.3. The maximum absolute atomic E-state index is 13.3. The van der Waals surface area contributed by atoms with Gasteiger partial charge in [-0.15, -0.1) is 0 Å². The van der Waals surface area contributed by atoms with Crippen LogP contribution in [0.3, 0.4) is 0 Å². The summed E-state index contributed by atoms with van der Waals surface area (Å²) < 4.78 is 8.46. The molecule has 37 heavy (non-hydrogen) atoms. The number of hydrogen-bond donors (Lipinski definition) is 2. The summed E-state index contributed by atoms with van der Waals surface area (Å²) in [7, 11) is 1.78. The van der Waals surface area contributed by atoms with Gasteiger partial charge in [-0.2, -0.15) is 5.10 Å². The number of aryl methyl sites for hydroxylation is 1. The number of benzene rings is 2. The summed E-state index contributed by atoms with van der Waals surface area (Å²) in [5.74, 6) is 0. The Morgan fingerprint density at radius 3 is 2.43 bits per heavy atom. The number of nitrogens with zero attached hydrogens (tertiary/aromatic N) is 5. The SMILES string of the molecule is Cn1nc2c(=O)n(CC3(O)CCN(C(=O)OCc4ccccc4)CC3)cnc2c1-c1ccc(CN)cc1. The minimum Gasteiger partial charge on any atom is -0.445 e. The molecule has 1 aliphatic rings. The van der Waals surface area contributed by atoms with Crippen LogP contribution >= 0.6 is 0 Å². The van der Waals surface area contributed by atoms with E-state index in [4.69, 9.17) is 10.5 Å². The third kappa shape index (κ3) is 5.11. The number of likely N-dealkylation sites (tertiary alicyclic amines) is 1. The first-order valence-corrected chi connectivity index (χ1v) is 12.3. The molecule has 10 nitrogen and oxygen atoms in total. The van der Waals surface area contributed by atoms with E-state index >= 15 is 0 Å². The highest BCUT2D eigenvalue weighted by molar-refractivity contribution is 5.89. The number of ether oxygens (including phenoxy) is 1. The van der Waals surface area contributed by atoms with Crippen molar-refractivity contribution >= 4 is 17.1 Å². The van der Waals surface area contributed by atoms with E-state index in [1.54, 1.807) is 16.6 Å². The predicted octanol–water partition coefficient (Wildman–Crippen LogP) is 2.42. The summed E-state index contributed by atoms with van der Waals surface area (Å²) in [6.07, 6.45) is 1.69. The van der Waals surface area contributed by atoms with Gasteiger partial charge in [-0.05, 0) is 24.0 Å². The van der Waals surface area contributed by atoms with Gasteiger partial charge in [-0.3, -0.25) is 14.0 Å². The Hall–Kier alpha value is -4.02. The Morgan fingerprint density at radius 2 is 1.76 bits per heavy atom. The van der Waals surface area contributed by atoms with Gasteiger partial charge >= 0.3 is 6.09 Å². The summed E-state index contributed by atoms with van der Waals surface area (Å²) >= 11 is 0. The highest BCUT2D eigenvalue weighted by atomic mass is 16.6. The second-order valence-electron chi connectivity index (χ2n) is 9.50. The number of aliphatic hydroxyl groups is 1. The molecule has 5 rings (SSSR count). The lowest BCUT2D eigenvalue weighted by Gasteiger charge is -2.37. The van der Waals surface area contributed by atoms with Gasteiger partial charge in [0.15, 0.2) is 5.52 Å². The van der Waals surface area contributed by atoms with Crippen LogP contribution in [-0.2, 0) is 31.5 Å². The lowest BCUT2D eigenvalue weighted by Crippen LogP contribution is -2.49. The van der Waals surface area contributed by atoms with Crippen LogP contribution in [0.1, 0.15) is 24.0 Å². The molecule has 1 fully saturated rings. The van der Waals surface area contributed by atoms with E-state index in [-0.39, 0.29) is 24.2 Å². The lowest BCUT2D eigenvalue weighted by molar-refractivity contribution is -0.0338. The van der Waals surface area contributed by atoms with Gasteiger partial charge in [0, 0.05) is 32.2 Å². The van der Waals surface area contributed by atoms with E-state index in [1.165, 1.54) is 10.9 Å². The largest absolute Gasteiger partial charge is 0.445 e. The molecule has 3 N–H and O–H groups in total. The molecule has 0 radical (unpaired) electrons. The van der Waals surface area contributed by atoms with Crippen LogP contribution in [0, 0.1) is 0 Å². The number of piperidine rings is 1. The molecule has 2 aromatic carbocycles. The molecule has 0 saturated carbocycles. The fraction of sp³-hybridized carbons (Fsp3) is 0.333. The average Bonchev–Trinajstić information content (AvgIpc) is 3.26. The molecule has 0 atom stereocenters. The van der Waals surface area contributed by atoms with Crippen molar-refractivity contribution in [2.75, 3.05) is 13.1 Å². The van der Waals surface area contributed by atoms with Crippen molar-refractivity contribution in [1.82, 2.24) is 24.2 Å². The molecular weight excluding hydrogens is 472 g/mol. The van der Waals surface area contributed by atoms with Crippen LogP contribution < -0.4 is 11.3 Å². The van der Waals surface area contributed by atoms with Gasteiger partial charge in [0.2, 0.25) is 0 Å². The molecule has 0 unspecified atom stereocenters. The van der Waals surface area contributed by atoms with Crippen LogP contribution in [0.4, 0.5) is 4.79 Å². The zero-order valence-corrected chi connectivity index (χ0v) is 20.7. The number of carbonyl (C=O) groups excluding carboxylic acids is 1. The first kappa shape index (κ1) is 24.7. The minimum atomic E-state index is -1.15. The van der Waals surface area contributed by atoms with E-state index in [0.717, 1.165) is 22.4 Å². The molecule has 10 heteroatoms. The fourth-order valence-electron chi connectivity index (χ4n) is 4.72. The smallest absolute Gasteiger partial charge is 0.410 e. The third-order valence-electron chi connectivity index (χ3n) is 6.90. The van der Waals surface area contributed by atoms with E-state index < -0.39 is 11.7 Å². The molecule has 0 bridgehead atoms.